The van der Waals surface area contributed by atoms with Crippen molar-refractivity contribution in [2.45, 2.75) is 12.8 Å². The van der Waals surface area contributed by atoms with E-state index in [0.717, 1.165) is 17.7 Å². The van der Waals surface area contributed by atoms with E-state index in [0.29, 0.717) is 19.0 Å². The maximum atomic E-state index is 13.4. The summed E-state index contributed by atoms with van der Waals surface area (Å²) in [5, 5.41) is 4.85. The van der Waals surface area contributed by atoms with Gasteiger partial charge in [0.2, 0.25) is 11.8 Å². The van der Waals surface area contributed by atoms with Gasteiger partial charge in [0.15, 0.2) is 0 Å². The van der Waals surface area contributed by atoms with E-state index in [9.17, 15) is 18.4 Å². The Morgan fingerprint density at radius 2 is 1.70 bits per heavy atom. The van der Waals surface area contributed by atoms with Gasteiger partial charge >= 0.3 is 0 Å². The van der Waals surface area contributed by atoms with Crippen molar-refractivity contribution in [3.05, 3.63) is 65.7 Å². The first-order valence-corrected chi connectivity index (χ1v) is 7.10. The zero-order valence-electron chi connectivity index (χ0n) is 12.3. The van der Waals surface area contributed by atoms with Crippen LogP contribution in [-0.2, 0) is 16.0 Å². The van der Waals surface area contributed by atoms with Crippen LogP contribution in [0.25, 0.3) is 0 Å². The molecule has 2 amide bonds. The third-order valence-corrected chi connectivity index (χ3v) is 3.11. The summed E-state index contributed by atoms with van der Waals surface area (Å²) in [7, 11) is 0. The Bertz CT molecular complexity index is 690. The van der Waals surface area contributed by atoms with E-state index in [-0.39, 0.29) is 5.69 Å². The van der Waals surface area contributed by atoms with Crippen molar-refractivity contribution in [1.29, 1.82) is 0 Å². The average molecular weight is 318 g/mol. The van der Waals surface area contributed by atoms with Gasteiger partial charge in [-0.3, -0.25) is 9.59 Å². The number of anilines is 1. The number of rotatable bonds is 6. The van der Waals surface area contributed by atoms with Gasteiger partial charge in [-0.05, 0) is 24.1 Å². The van der Waals surface area contributed by atoms with Crippen LogP contribution >= 0.6 is 0 Å². The molecule has 0 atom stereocenters. The van der Waals surface area contributed by atoms with Crippen LogP contribution in [0, 0.1) is 11.6 Å². The minimum atomic E-state index is -0.886. The number of hydrogen-bond acceptors (Lipinski definition) is 2. The Hall–Kier alpha value is -2.76. The molecule has 120 valence electrons. The highest BCUT2D eigenvalue weighted by atomic mass is 19.1. The van der Waals surface area contributed by atoms with E-state index in [1.807, 2.05) is 30.3 Å². The molecule has 0 saturated carbocycles. The van der Waals surface area contributed by atoms with Gasteiger partial charge in [0.1, 0.15) is 18.1 Å². The molecule has 0 aliphatic rings. The molecule has 4 nitrogen and oxygen atoms in total. The van der Waals surface area contributed by atoms with Crippen molar-refractivity contribution in [1.82, 2.24) is 5.32 Å². The first kappa shape index (κ1) is 16.6. The molecule has 0 aliphatic carbocycles. The summed E-state index contributed by atoms with van der Waals surface area (Å²) in [5.74, 6) is -2.74. The van der Waals surface area contributed by atoms with Crippen LogP contribution in [0.2, 0.25) is 0 Å². The SMILES string of the molecule is O=C(CC(=O)Nc1ccc(F)cc1F)NCCc1ccccc1. The molecule has 0 unspecified atom stereocenters. The highest BCUT2D eigenvalue weighted by molar-refractivity contribution is 6.03. The fourth-order valence-corrected chi connectivity index (χ4v) is 1.98. The van der Waals surface area contributed by atoms with Gasteiger partial charge in [0.25, 0.3) is 0 Å². The molecule has 0 fully saturated rings. The predicted octanol–water partition coefficient (Wildman–Crippen LogP) is 2.65. The van der Waals surface area contributed by atoms with Crippen molar-refractivity contribution in [3.63, 3.8) is 0 Å². The second kappa shape index (κ2) is 8.03. The second-order valence-electron chi connectivity index (χ2n) is 4.93. The molecule has 6 heteroatoms. The predicted molar refractivity (Wildman–Crippen MR) is 82.8 cm³/mol. The van der Waals surface area contributed by atoms with Crippen LogP contribution in [0.15, 0.2) is 48.5 Å². The molecule has 0 spiro atoms. The van der Waals surface area contributed by atoms with Crippen LogP contribution in [0.1, 0.15) is 12.0 Å². The Morgan fingerprint density at radius 1 is 0.957 bits per heavy atom. The maximum absolute atomic E-state index is 13.4. The molecule has 2 aromatic carbocycles. The molecular formula is C17H16F2N2O2. The van der Waals surface area contributed by atoms with Crippen molar-refractivity contribution >= 4 is 17.5 Å². The standard InChI is InChI=1S/C17H16F2N2O2/c18-13-6-7-15(14(19)10-13)21-17(23)11-16(22)20-9-8-12-4-2-1-3-5-12/h1-7,10H,8-9,11H2,(H,20,22)(H,21,23). The van der Waals surface area contributed by atoms with Gasteiger partial charge in [0, 0.05) is 12.6 Å². The normalized spacial score (nSPS) is 10.2. The van der Waals surface area contributed by atoms with Gasteiger partial charge in [-0.25, -0.2) is 8.78 Å². The van der Waals surface area contributed by atoms with E-state index < -0.39 is 29.9 Å². The first-order chi connectivity index (χ1) is 11.0. The molecular weight excluding hydrogens is 302 g/mol. The van der Waals surface area contributed by atoms with Crippen LogP contribution in [0.3, 0.4) is 0 Å². The zero-order chi connectivity index (χ0) is 16.7. The minimum absolute atomic E-state index is 0.159. The number of halogens is 2. The monoisotopic (exact) mass is 318 g/mol. The lowest BCUT2D eigenvalue weighted by Gasteiger charge is -2.07. The number of carbonyl (C=O) groups excluding carboxylic acids is 2. The highest BCUT2D eigenvalue weighted by Crippen LogP contribution is 2.14. The van der Waals surface area contributed by atoms with E-state index >= 15 is 0 Å². The largest absolute Gasteiger partial charge is 0.355 e. The number of nitrogens with one attached hydrogen (secondary N) is 2. The van der Waals surface area contributed by atoms with Gasteiger partial charge in [-0.1, -0.05) is 30.3 Å². The first-order valence-electron chi connectivity index (χ1n) is 7.10. The summed E-state index contributed by atoms with van der Waals surface area (Å²) in [6.45, 7) is 0.404. The van der Waals surface area contributed by atoms with Crippen molar-refractivity contribution < 1.29 is 18.4 Å². The summed E-state index contributed by atoms with van der Waals surface area (Å²) < 4.78 is 26.1. The molecule has 0 saturated heterocycles. The lowest BCUT2D eigenvalue weighted by atomic mass is 10.1. The number of carbonyl (C=O) groups is 2. The number of hydrogen-bond donors (Lipinski definition) is 2. The van der Waals surface area contributed by atoms with E-state index in [1.165, 1.54) is 0 Å². The summed E-state index contributed by atoms with van der Waals surface area (Å²) in [6, 6.07) is 12.4. The maximum Gasteiger partial charge on any atom is 0.233 e. The molecule has 23 heavy (non-hydrogen) atoms. The topological polar surface area (TPSA) is 58.2 Å². The second-order valence-corrected chi connectivity index (χ2v) is 4.93. The van der Waals surface area contributed by atoms with E-state index in [2.05, 4.69) is 10.6 Å². The Kier molecular flexibility index (Phi) is 5.80. The molecule has 2 rings (SSSR count). The number of benzene rings is 2. The van der Waals surface area contributed by atoms with Gasteiger partial charge in [0.05, 0.1) is 5.69 Å². The zero-order valence-corrected chi connectivity index (χ0v) is 12.3. The van der Waals surface area contributed by atoms with Gasteiger partial charge in [-0.2, -0.15) is 0 Å². The fraction of sp³-hybridized carbons (Fsp3) is 0.176. The summed E-state index contributed by atoms with van der Waals surface area (Å²) >= 11 is 0. The summed E-state index contributed by atoms with van der Waals surface area (Å²) in [6.07, 6.45) is 0.229. The third-order valence-electron chi connectivity index (χ3n) is 3.11. The van der Waals surface area contributed by atoms with Crippen molar-refractivity contribution in [2.75, 3.05) is 11.9 Å². The quantitative estimate of drug-likeness (QED) is 0.805. The smallest absolute Gasteiger partial charge is 0.233 e. The summed E-state index contributed by atoms with van der Waals surface area (Å²) in [4.78, 5) is 23.3. The lowest BCUT2D eigenvalue weighted by Crippen LogP contribution is -2.29. The van der Waals surface area contributed by atoms with Crippen LogP contribution in [-0.4, -0.2) is 18.4 Å². The minimum Gasteiger partial charge on any atom is -0.355 e. The van der Waals surface area contributed by atoms with E-state index in [1.54, 1.807) is 0 Å². The van der Waals surface area contributed by atoms with Crippen LogP contribution < -0.4 is 10.6 Å². The fourth-order valence-electron chi connectivity index (χ4n) is 1.98. The average Bonchev–Trinajstić information content (AvgIpc) is 2.51. The molecule has 0 aromatic heterocycles. The Labute approximate surface area is 132 Å². The molecule has 2 N–H and O–H groups in total. The molecule has 2 aromatic rings. The Morgan fingerprint density at radius 3 is 2.39 bits per heavy atom. The van der Waals surface area contributed by atoms with Gasteiger partial charge in [-0.15, -0.1) is 0 Å². The lowest BCUT2D eigenvalue weighted by molar-refractivity contribution is -0.126. The van der Waals surface area contributed by atoms with Crippen molar-refractivity contribution in [2.24, 2.45) is 0 Å². The van der Waals surface area contributed by atoms with E-state index in [4.69, 9.17) is 0 Å². The molecule has 0 heterocycles. The van der Waals surface area contributed by atoms with Crippen LogP contribution in [0.4, 0.5) is 14.5 Å². The highest BCUT2D eigenvalue weighted by Gasteiger charge is 2.12. The van der Waals surface area contributed by atoms with Crippen LogP contribution in [0.5, 0.6) is 0 Å². The van der Waals surface area contributed by atoms with Gasteiger partial charge < -0.3 is 10.6 Å². The number of amides is 2. The molecule has 0 bridgehead atoms. The van der Waals surface area contributed by atoms with Crippen molar-refractivity contribution in [3.8, 4) is 0 Å². The molecule has 0 radical (unpaired) electrons. The summed E-state index contributed by atoms with van der Waals surface area (Å²) in [5.41, 5.74) is 0.916. The molecule has 0 aliphatic heterocycles. The third kappa shape index (κ3) is 5.50. The Balaban J connectivity index is 1.75.